The van der Waals surface area contributed by atoms with Gasteiger partial charge in [-0.05, 0) is 5.92 Å². The molecule has 2 N–H and O–H groups in total. The molecule has 110 valence electrons. The quantitative estimate of drug-likeness (QED) is 0.893. The highest BCUT2D eigenvalue weighted by Crippen LogP contribution is 2.29. The average Bonchev–Trinajstić information content (AvgIpc) is 2.82. The average molecular weight is 289 g/mol. The molecule has 0 aromatic carbocycles. The van der Waals surface area contributed by atoms with E-state index in [2.05, 4.69) is 20.4 Å². The number of anilines is 1. The van der Waals surface area contributed by atoms with Gasteiger partial charge >= 0.3 is 6.18 Å². The van der Waals surface area contributed by atoms with Gasteiger partial charge in [0.2, 0.25) is 0 Å². The van der Waals surface area contributed by atoms with Crippen molar-refractivity contribution in [3.05, 3.63) is 18.1 Å². The van der Waals surface area contributed by atoms with E-state index in [1.165, 1.54) is 4.52 Å². The van der Waals surface area contributed by atoms with Gasteiger partial charge in [0.15, 0.2) is 5.69 Å². The third-order valence-electron chi connectivity index (χ3n) is 2.88. The van der Waals surface area contributed by atoms with Crippen LogP contribution in [0.3, 0.4) is 0 Å². The van der Waals surface area contributed by atoms with E-state index < -0.39 is 17.9 Å². The summed E-state index contributed by atoms with van der Waals surface area (Å²) in [5.41, 5.74) is -1.05. The number of aromatic nitrogens is 4. The number of hydrogen-bond acceptors (Lipinski definition) is 5. The summed E-state index contributed by atoms with van der Waals surface area (Å²) in [7, 11) is 0. The molecule has 2 aromatic heterocycles. The van der Waals surface area contributed by atoms with Crippen molar-refractivity contribution >= 4 is 11.6 Å². The van der Waals surface area contributed by atoms with Crippen LogP contribution in [0.1, 0.15) is 19.5 Å². The molecule has 2 rings (SSSR count). The summed E-state index contributed by atoms with van der Waals surface area (Å²) in [6.07, 6.45) is -3.45. The van der Waals surface area contributed by atoms with E-state index >= 15 is 0 Å². The number of fused-ring (bicyclic) bond motifs is 1. The van der Waals surface area contributed by atoms with Crippen LogP contribution < -0.4 is 5.32 Å². The van der Waals surface area contributed by atoms with Crippen molar-refractivity contribution in [3.63, 3.8) is 0 Å². The van der Waals surface area contributed by atoms with Gasteiger partial charge in [-0.15, -0.1) is 0 Å². The summed E-state index contributed by atoms with van der Waals surface area (Å²) in [4.78, 5) is 7.08. The number of hydrogen-bond donors (Lipinski definition) is 2. The number of aliphatic hydroxyl groups is 1. The Labute approximate surface area is 112 Å². The summed E-state index contributed by atoms with van der Waals surface area (Å²) in [5, 5.41) is 15.9. The molecule has 2 heterocycles. The highest BCUT2D eigenvalue weighted by Gasteiger charge is 2.34. The summed E-state index contributed by atoms with van der Waals surface area (Å²) in [6, 6.07) is 0.457. The van der Waals surface area contributed by atoms with Crippen LogP contribution in [-0.2, 0) is 6.18 Å². The van der Waals surface area contributed by atoms with Gasteiger partial charge in [-0.2, -0.15) is 27.8 Å². The van der Waals surface area contributed by atoms with Crippen molar-refractivity contribution in [3.8, 4) is 0 Å². The van der Waals surface area contributed by atoms with Crippen LogP contribution in [0.4, 0.5) is 19.0 Å². The Morgan fingerprint density at radius 3 is 2.65 bits per heavy atom. The molecule has 0 bridgehead atoms. The van der Waals surface area contributed by atoms with E-state index in [1.54, 1.807) is 0 Å². The SMILES string of the molecule is CC(C)[C@@H](CO)Nc1cc(C(F)(F)F)nc2ncnn12. The molecule has 20 heavy (non-hydrogen) atoms. The molecule has 0 aliphatic carbocycles. The molecule has 0 radical (unpaired) electrons. The fourth-order valence-electron chi connectivity index (χ4n) is 1.67. The normalized spacial score (nSPS) is 13.9. The lowest BCUT2D eigenvalue weighted by Gasteiger charge is -2.21. The number of halogens is 3. The molecular weight excluding hydrogens is 275 g/mol. The van der Waals surface area contributed by atoms with E-state index in [1.807, 2.05) is 13.8 Å². The van der Waals surface area contributed by atoms with Gasteiger partial charge < -0.3 is 10.4 Å². The predicted octanol–water partition coefficient (Wildman–Crippen LogP) is 1.57. The van der Waals surface area contributed by atoms with Crippen molar-refractivity contribution in [2.75, 3.05) is 11.9 Å². The highest BCUT2D eigenvalue weighted by atomic mass is 19.4. The highest BCUT2D eigenvalue weighted by molar-refractivity contribution is 5.46. The Balaban J connectivity index is 2.47. The Morgan fingerprint density at radius 1 is 1.40 bits per heavy atom. The van der Waals surface area contributed by atoms with Gasteiger partial charge in [0, 0.05) is 6.07 Å². The predicted molar refractivity (Wildman–Crippen MR) is 65.1 cm³/mol. The minimum Gasteiger partial charge on any atom is -0.394 e. The third-order valence-corrected chi connectivity index (χ3v) is 2.88. The van der Waals surface area contributed by atoms with Gasteiger partial charge in [0.05, 0.1) is 12.6 Å². The smallest absolute Gasteiger partial charge is 0.394 e. The zero-order chi connectivity index (χ0) is 14.9. The van der Waals surface area contributed by atoms with Crippen LogP contribution >= 0.6 is 0 Å². The monoisotopic (exact) mass is 289 g/mol. The number of nitrogens with one attached hydrogen (secondary N) is 1. The van der Waals surface area contributed by atoms with E-state index in [0.717, 1.165) is 12.4 Å². The van der Waals surface area contributed by atoms with Crippen molar-refractivity contribution in [1.29, 1.82) is 0 Å². The topological polar surface area (TPSA) is 75.3 Å². The van der Waals surface area contributed by atoms with Gasteiger partial charge in [0.25, 0.3) is 5.78 Å². The second-order valence-corrected chi connectivity index (χ2v) is 4.67. The first-order valence-corrected chi connectivity index (χ1v) is 5.98. The van der Waals surface area contributed by atoms with Gasteiger partial charge in [-0.3, -0.25) is 0 Å². The lowest BCUT2D eigenvalue weighted by molar-refractivity contribution is -0.141. The minimum atomic E-state index is -4.57. The first-order valence-electron chi connectivity index (χ1n) is 5.98. The molecule has 0 aliphatic heterocycles. The number of aliphatic hydroxyl groups excluding tert-OH is 1. The Bertz CT molecular complexity index is 595. The first kappa shape index (κ1) is 14.5. The molecule has 1 atom stereocenters. The molecule has 0 amide bonds. The summed E-state index contributed by atoms with van der Waals surface area (Å²) in [6.45, 7) is 3.48. The third kappa shape index (κ3) is 2.82. The van der Waals surface area contributed by atoms with Crippen LogP contribution in [-0.4, -0.2) is 37.3 Å². The zero-order valence-corrected chi connectivity index (χ0v) is 10.9. The molecule has 9 heteroatoms. The second-order valence-electron chi connectivity index (χ2n) is 4.67. The second kappa shape index (κ2) is 5.23. The fraction of sp³-hybridized carbons (Fsp3) is 0.545. The summed E-state index contributed by atoms with van der Waals surface area (Å²) < 4.78 is 39.5. The van der Waals surface area contributed by atoms with Crippen LogP contribution in [0.5, 0.6) is 0 Å². The number of nitrogens with zero attached hydrogens (tertiary/aromatic N) is 4. The van der Waals surface area contributed by atoms with Crippen molar-refractivity contribution < 1.29 is 18.3 Å². The Morgan fingerprint density at radius 2 is 2.10 bits per heavy atom. The lowest BCUT2D eigenvalue weighted by Crippen LogP contribution is -2.30. The van der Waals surface area contributed by atoms with Gasteiger partial charge in [0.1, 0.15) is 12.1 Å². The maximum Gasteiger partial charge on any atom is 0.433 e. The standard InChI is InChI=1S/C11H14F3N5O/c1-6(2)7(4-20)17-9-3-8(11(12,13)14)18-10-15-5-16-19(9)10/h3,5-7,17,20H,4H2,1-2H3/t7-/m1/s1. The zero-order valence-electron chi connectivity index (χ0n) is 10.9. The minimum absolute atomic E-state index is 0.0288. The Hall–Kier alpha value is -1.90. The van der Waals surface area contributed by atoms with Gasteiger partial charge in [-0.1, -0.05) is 13.8 Å². The molecule has 6 nitrogen and oxygen atoms in total. The fourth-order valence-corrected chi connectivity index (χ4v) is 1.67. The molecule has 0 spiro atoms. The van der Waals surface area contributed by atoms with Gasteiger partial charge in [-0.25, -0.2) is 4.98 Å². The lowest BCUT2D eigenvalue weighted by atomic mass is 10.1. The molecular formula is C11H14F3N5O. The number of alkyl halides is 3. The van der Waals surface area contributed by atoms with Crippen molar-refractivity contribution in [1.82, 2.24) is 19.6 Å². The Kier molecular flexibility index (Phi) is 3.80. The van der Waals surface area contributed by atoms with E-state index in [9.17, 15) is 18.3 Å². The van der Waals surface area contributed by atoms with E-state index in [4.69, 9.17) is 0 Å². The maximum atomic E-state index is 12.8. The molecule has 0 saturated carbocycles. The molecule has 0 fully saturated rings. The molecule has 0 aliphatic rings. The van der Waals surface area contributed by atoms with E-state index in [0.29, 0.717) is 0 Å². The van der Waals surface area contributed by atoms with Crippen LogP contribution in [0.2, 0.25) is 0 Å². The van der Waals surface area contributed by atoms with Crippen LogP contribution in [0.25, 0.3) is 5.78 Å². The maximum absolute atomic E-state index is 12.8. The summed E-state index contributed by atoms with van der Waals surface area (Å²) >= 11 is 0. The molecule has 0 unspecified atom stereocenters. The van der Waals surface area contributed by atoms with Crippen molar-refractivity contribution in [2.45, 2.75) is 26.1 Å². The number of rotatable bonds is 4. The van der Waals surface area contributed by atoms with Crippen LogP contribution in [0.15, 0.2) is 12.4 Å². The molecule has 2 aromatic rings. The largest absolute Gasteiger partial charge is 0.433 e. The van der Waals surface area contributed by atoms with Crippen molar-refractivity contribution in [2.24, 2.45) is 5.92 Å². The summed E-state index contributed by atoms with van der Waals surface area (Å²) in [5.74, 6) is -0.0311. The first-order chi connectivity index (χ1) is 9.32. The van der Waals surface area contributed by atoms with E-state index in [-0.39, 0.29) is 24.1 Å². The molecule has 0 saturated heterocycles. The van der Waals surface area contributed by atoms with Crippen LogP contribution in [0, 0.1) is 5.92 Å².